The average Bonchev–Trinajstić information content (AvgIpc) is 4.07. The molecule has 284 valence electrons. The van der Waals surface area contributed by atoms with E-state index in [4.69, 9.17) is 21.5 Å². The van der Waals surface area contributed by atoms with Gasteiger partial charge in [0.25, 0.3) is 0 Å². The number of hydrogen-bond donors (Lipinski definition) is 1. The summed E-state index contributed by atoms with van der Waals surface area (Å²) in [6, 6.07) is 9.64. The molecule has 3 atom stereocenters. The average molecular weight is 744 g/mol. The van der Waals surface area contributed by atoms with Gasteiger partial charge in [-0.25, -0.2) is 14.6 Å². The van der Waals surface area contributed by atoms with E-state index in [0.717, 1.165) is 85.9 Å². The van der Waals surface area contributed by atoms with Gasteiger partial charge >= 0.3 is 0 Å². The molecule has 0 spiro atoms. The maximum atomic E-state index is 9.81. The molecule has 0 aliphatic heterocycles. The predicted octanol–water partition coefficient (Wildman–Crippen LogP) is 11.7. The van der Waals surface area contributed by atoms with Crippen LogP contribution in [0.15, 0.2) is 42.1 Å². The van der Waals surface area contributed by atoms with Crippen molar-refractivity contribution in [2.45, 2.75) is 147 Å². The van der Waals surface area contributed by atoms with Gasteiger partial charge in [0.1, 0.15) is 11.6 Å². The normalized spacial score (nSPS) is 18.6. The lowest BCUT2D eigenvalue weighted by molar-refractivity contribution is 0.483. The maximum absolute atomic E-state index is 9.81. The van der Waals surface area contributed by atoms with E-state index in [-0.39, 0.29) is 0 Å². The zero-order valence-electron chi connectivity index (χ0n) is 32.7. The number of aryl methyl sites for hydroxylation is 1. The monoisotopic (exact) mass is 743 g/mol. The van der Waals surface area contributed by atoms with Crippen LogP contribution in [-0.2, 0) is 6.54 Å². The first kappa shape index (κ1) is 40.9. The Balaban J connectivity index is 0.000000790. The van der Waals surface area contributed by atoms with Crippen molar-refractivity contribution in [3.8, 4) is 12.3 Å². The van der Waals surface area contributed by atoms with Crippen LogP contribution in [0.5, 0.6) is 0 Å². The molecule has 0 amide bonds. The van der Waals surface area contributed by atoms with Gasteiger partial charge in [0.2, 0.25) is 0 Å². The molecular weight excluding hydrogens is 676 g/mol. The van der Waals surface area contributed by atoms with Crippen LogP contribution < -0.4 is 4.90 Å². The minimum Gasteiger partial charge on any atom is -0.374 e. The highest BCUT2D eigenvalue weighted by atomic mass is 31.1. The number of benzene rings is 1. The summed E-state index contributed by atoms with van der Waals surface area (Å²) in [5.41, 5.74) is 5.22. The van der Waals surface area contributed by atoms with Crippen LogP contribution in [0.1, 0.15) is 151 Å². The molecule has 0 bridgehead atoms. The third-order valence-corrected chi connectivity index (χ3v) is 12.7. The molecular formula is C44H67N5OP2. The van der Waals surface area contributed by atoms with Gasteiger partial charge in [-0.3, -0.25) is 0 Å². The van der Waals surface area contributed by atoms with Gasteiger partial charge < -0.3 is 9.79 Å². The molecule has 6 nitrogen and oxygen atoms in total. The number of terminal acetylenes is 1. The summed E-state index contributed by atoms with van der Waals surface area (Å²) in [6.45, 7) is 8.06. The highest BCUT2D eigenvalue weighted by molar-refractivity contribution is 7.50. The van der Waals surface area contributed by atoms with Gasteiger partial charge in [-0.15, -0.1) is 20.9 Å². The van der Waals surface area contributed by atoms with Gasteiger partial charge in [0.05, 0.1) is 17.6 Å². The Kier molecular flexibility index (Phi) is 17.4. The number of anilines is 1. The molecule has 3 unspecified atom stereocenters. The molecule has 8 heteroatoms. The lowest BCUT2D eigenvalue weighted by Gasteiger charge is -2.25. The number of rotatable bonds is 22. The Morgan fingerprint density at radius 3 is 2.21 bits per heavy atom. The van der Waals surface area contributed by atoms with Crippen LogP contribution >= 0.6 is 16.7 Å². The topological polar surface area (TPSA) is 67.1 Å². The molecule has 2 heterocycles. The number of hydrogen-bond acceptors (Lipinski definition) is 5. The number of nitrogens with zero attached hydrogens (tertiary/aromatic N) is 5. The van der Waals surface area contributed by atoms with Crippen molar-refractivity contribution < 1.29 is 4.89 Å². The van der Waals surface area contributed by atoms with Crippen molar-refractivity contribution in [1.29, 1.82) is 0 Å². The fraction of sp³-hybridized carbons (Fsp3) is 0.659. The summed E-state index contributed by atoms with van der Waals surface area (Å²) in [4.78, 5) is 22.3. The number of unbranched alkanes of at least 4 members (excludes halogenated alkanes) is 11. The zero-order valence-corrected chi connectivity index (χ0v) is 34.6. The van der Waals surface area contributed by atoms with Gasteiger partial charge in [0.15, 0.2) is 5.65 Å². The molecule has 3 aromatic rings. The van der Waals surface area contributed by atoms with Crippen molar-refractivity contribution in [3.05, 3.63) is 59.1 Å². The van der Waals surface area contributed by atoms with Crippen LogP contribution in [0, 0.1) is 25.2 Å². The lowest BCUT2D eigenvalue weighted by atomic mass is 10.0. The predicted molar refractivity (Wildman–Crippen MR) is 226 cm³/mol. The molecule has 6 rings (SSSR count). The Labute approximate surface area is 319 Å². The van der Waals surface area contributed by atoms with Crippen LogP contribution in [0.2, 0.25) is 0 Å². The molecule has 3 saturated carbocycles. The highest BCUT2D eigenvalue weighted by Gasteiger charge is 2.26. The van der Waals surface area contributed by atoms with Crippen molar-refractivity contribution in [2.75, 3.05) is 37.1 Å². The van der Waals surface area contributed by atoms with Crippen molar-refractivity contribution in [3.63, 3.8) is 0 Å². The quantitative estimate of drug-likeness (QED) is 0.0480. The molecule has 1 aromatic carbocycles. The molecule has 0 radical (unpaired) electrons. The minimum atomic E-state index is -0.888. The molecule has 3 aliphatic rings. The summed E-state index contributed by atoms with van der Waals surface area (Å²) in [7, 11) is 0.312. The molecule has 3 fully saturated rings. The smallest absolute Gasteiger partial charge is 0.163 e. The summed E-state index contributed by atoms with van der Waals surface area (Å²) in [5, 5.41) is 5.97. The van der Waals surface area contributed by atoms with Crippen LogP contribution in [0.25, 0.3) is 11.0 Å². The Bertz CT molecular complexity index is 1550. The fourth-order valence-electron chi connectivity index (χ4n) is 7.56. The van der Waals surface area contributed by atoms with Crippen molar-refractivity contribution >= 4 is 33.6 Å². The van der Waals surface area contributed by atoms with E-state index in [9.17, 15) is 4.89 Å². The SMILES string of the molecule is C#CCCCCCCCCCCCCCN(Cc1ccc(C2CC2)cc1)c1nc(C)nc2c1cnn2C1CC/C(=C\CP(C)O)C1.CPCC1CC1. The van der Waals surface area contributed by atoms with Gasteiger partial charge in [-0.05, 0) is 107 Å². The van der Waals surface area contributed by atoms with Crippen LogP contribution in [0.3, 0.4) is 0 Å². The van der Waals surface area contributed by atoms with E-state index in [1.54, 1.807) is 0 Å². The molecule has 0 saturated heterocycles. The second-order valence-corrected chi connectivity index (χ2v) is 18.6. The standard InChI is InChI=1S/C39H56N5OP.C5H11P/c1-4-5-6-7-8-9-10-11-12-13-14-15-16-26-43(30-33-17-20-34(21-18-33)35-22-23-35)38-37-29-40-44(39(37)42-31(2)41-38)36-24-19-32(28-36)25-27-46(3)45;1-6-4-5-2-3-5/h1,17-18,20-21,25,29,35-36,45H,5-16,19,22-24,26-28,30H2,2-3H3;5-6H,2-4H2,1H3/b32-25+;. The van der Waals surface area contributed by atoms with Crippen molar-refractivity contribution in [1.82, 2.24) is 19.7 Å². The Morgan fingerprint density at radius 1 is 0.942 bits per heavy atom. The van der Waals surface area contributed by atoms with E-state index in [1.165, 1.54) is 121 Å². The van der Waals surface area contributed by atoms with Gasteiger partial charge in [0, 0.05) is 33.8 Å². The van der Waals surface area contributed by atoms with Gasteiger partial charge in [-0.2, -0.15) is 5.10 Å². The summed E-state index contributed by atoms with van der Waals surface area (Å²) < 4.78 is 2.15. The Morgan fingerprint density at radius 2 is 1.62 bits per heavy atom. The van der Waals surface area contributed by atoms with E-state index in [0.29, 0.717) is 6.04 Å². The lowest BCUT2D eigenvalue weighted by Crippen LogP contribution is -2.25. The molecule has 52 heavy (non-hydrogen) atoms. The Hall–Kier alpha value is -2.31. The first-order chi connectivity index (χ1) is 25.4. The fourth-order valence-corrected chi connectivity index (χ4v) is 9.07. The van der Waals surface area contributed by atoms with Crippen LogP contribution in [-0.4, -0.2) is 56.8 Å². The second-order valence-electron chi connectivity index (χ2n) is 15.8. The third kappa shape index (κ3) is 13.8. The highest BCUT2D eigenvalue weighted by Crippen LogP contribution is 2.40. The van der Waals surface area contributed by atoms with E-state index >= 15 is 0 Å². The van der Waals surface area contributed by atoms with E-state index < -0.39 is 8.15 Å². The first-order valence-electron chi connectivity index (χ1n) is 20.7. The summed E-state index contributed by atoms with van der Waals surface area (Å²) in [5.74, 6) is 6.51. The number of fused-ring (bicyclic) bond motifs is 1. The molecule has 2 aromatic heterocycles. The summed E-state index contributed by atoms with van der Waals surface area (Å²) >= 11 is 0. The van der Waals surface area contributed by atoms with Crippen molar-refractivity contribution in [2.24, 2.45) is 5.92 Å². The third-order valence-electron chi connectivity index (χ3n) is 11.0. The second kappa shape index (κ2) is 22.2. The maximum Gasteiger partial charge on any atom is 0.163 e. The van der Waals surface area contributed by atoms with E-state index in [1.807, 2.05) is 19.8 Å². The number of aromatic nitrogens is 4. The minimum absolute atomic E-state index is 0.310. The molecule has 1 N–H and O–H groups in total. The zero-order chi connectivity index (χ0) is 36.5. The van der Waals surface area contributed by atoms with E-state index in [2.05, 4.69) is 52.5 Å². The summed E-state index contributed by atoms with van der Waals surface area (Å²) in [6.07, 6.45) is 36.0. The van der Waals surface area contributed by atoms with Crippen LogP contribution in [0.4, 0.5) is 5.82 Å². The molecule has 3 aliphatic carbocycles. The largest absolute Gasteiger partial charge is 0.374 e. The van der Waals surface area contributed by atoms with Gasteiger partial charge in [-0.1, -0.05) is 93.7 Å². The first-order valence-corrected chi connectivity index (χ1v) is 24.3. The number of allylic oxidation sites excluding steroid dienone is 2.